The monoisotopic (exact) mass is 377 g/mol. The highest BCUT2D eigenvalue weighted by Gasteiger charge is 2.28. The van der Waals surface area contributed by atoms with E-state index in [-0.39, 0.29) is 41.6 Å². The molecular formula is C14H20ClN3O5S. The molecule has 0 bridgehead atoms. The summed E-state index contributed by atoms with van der Waals surface area (Å²) in [6.07, 6.45) is 1.47. The zero-order chi connectivity index (χ0) is 16.4. The van der Waals surface area contributed by atoms with Gasteiger partial charge in [-0.15, -0.1) is 12.4 Å². The normalized spacial score (nSPS) is 18.0. The third-order valence-corrected chi connectivity index (χ3v) is 5.39. The quantitative estimate of drug-likeness (QED) is 0.704. The first-order valence-corrected chi connectivity index (χ1v) is 8.85. The molecule has 0 aliphatic carbocycles. The van der Waals surface area contributed by atoms with Crippen molar-refractivity contribution in [2.75, 3.05) is 32.1 Å². The van der Waals surface area contributed by atoms with Gasteiger partial charge in [-0.2, -0.15) is 0 Å². The second-order valence-corrected chi connectivity index (χ2v) is 7.16. The molecule has 10 heteroatoms. The van der Waals surface area contributed by atoms with Gasteiger partial charge in [0.2, 0.25) is 10.0 Å². The minimum atomic E-state index is -3.75. The summed E-state index contributed by atoms with van der Waals surface area (Å²) in [5.41, 5.74) is 0.402. The van der Waals surface area contributed by atoms with Crippen LogP contribution in [0.15, 0.2) is 17.0 Å². The first-order valence-electron chi connectivity index (χ1n) is 7.37. The number of fused-ring (bicyclic) bond motifs is 1. The minimum Gasteiger partial charge on any atom is -0.495 e. The third kappa shape index (κ3) is 3.92. The molecule has 24 heavy (non-hydrogen) atoms. The molecule has 1 aromatic rings. The Labute approximate surface area is 146 Å². The van der Waals surface area contributed by atoms with Gasteiger partial charge in [-0.1, -0.05) is 0 Å². The number of rotatable bonds is 4. The fourth-order valence-corrected chi connectivity index (χ4v) is 4.15. The van der Waals surface area contributed by atoms with Crippen molar-refractivity contribution >= 4 is 34.0 Å². The van der Waals surface area contributed by atoms with E-state index in [0.29, 0.717) is 11.4 Å². The van der Waals surface area contributed by atoms with Crippen LogP contribution in [0.25, 0.3) is 0 Å². The molecule has 1 saturated heterocycles. The lowest BCUT2D eigenvalue weighted by atomic mass is 10.1. The first-order chi connectivity index (χ1) is 11.0. The smallest absolute Gasteiger partial charge is 0.262 e. The topological polar surface area (TPSA) is 106 Å². The molecule has 3 rings (SSSR count). The number of sulfonamides is 1. The Kier molecular flexibility index (Phi) is 5.92. The Morgan fingerprint density at radius 2 is 2.00 bits per heavy atom. The summed E-state index contributed by atoms with van der Waals surface area (Å²) in [6, 6.07) is 2.74. The van der Waals surface area contributed by atoms with Gasteiger partial charge in [-0.3, -0.25) is 4.79 Å². The Balaban J connectivity index is 0.00000208. The molecule has 0 atom stereocenters. The SMILES string of the molecule is COc1cc2c(cc1S(=O)(=O)NC1CCNCC1)OCC(=O)N2.Cl. The van der Waals surface area contributed by atoms with Gasteiger partial charge in [-0.05, 0) is 25.9 Å². The molecule has 0 spiro atoms. The van der Waals surface area contributed by atoms with E-state index in [9.17, 15) is 13.2 Å². The molecule has 1 fully saturated rings. The van der Waals surface area contributed by atoms with E-state index < -0.39 is 10.0 Å². The fourth-order valence-electron chi connectivity index (χ4n) is 2.68. The Morgan fingerprint density at radius 3 is 2.67 bits per heavy atom. The number of nitrogens with one attached hydrogen (secondary N) is 3. The predicted octanol–water partition coefficient (Wildman–Crippen LogP) is 0.478. The lowest BCUT2D eigenvalue weighted by molar-refractivity contribution is -0.118. The molecular weight excluding hydrogens is 358 g/mol. The van der Waals surface area contributed by atoms with Crippen LogP contribution in [0.1, 0.15) is 12.8 Å². The van der Waals surface area contributed by atoms with Crippen molar-refractivity contribution < 1.29 is 22.7 Å². The van der Waals surface area contributed by atoms with Crippen molar-refractivity contribution in [3.63, 3.8) is 0 Å². The molecule has 8 nitrogen and oxygen atoms in total. The standard InChI is InChI=1S/C14H19N3O5S.ClH/c1-21-12-6-10-11(22-8-14(18)16-10)7-13(12)23(19,20)17-9-2-4-15-5-3-9;/h6-7,9,15,17H,2-5,8H2,1H3,(H,16,18);1H. The summed E-state index contributed by atoms with van der Waals surface area (Å²) < 4.78 is 38.5. The van der Waals surface area contributed by atoms with Crippen LogP contribution in [0, 0.1) is 0 Å². The van der Waals surface area contributed by atoms with E-state index in [1.807, 2.05) is 0 Å². The van der Waals surface area contributed by atoms with Crippen LogP contribution < -0.4 is 24.8 Å². The molecule has 1 amide bonds. The number of methoxy groups -OCH3 is 1. The molecule has 0 radical (unpaired) electrons. The summed E-state index contributed by atoms with van der Waals surface area (Å²) in [5.74, 6) is 0.190. The highest BCUT2D eigenvalue weighted by atomic mass is 35.5. The number of hydrogen-bond donors (Lipinski definition) is 3. The van der Waals surface area contributed by atoms with Crippen molar-refractivity contribution in [1.29, 1.82) is 0 Å². The maximum atomic E-state index is 12.7. The molecule has 3 N–H and O–H groups in total. The number of ether oxygens (including phenoxy) is 2. The summed E-state index contributed by atoms with van der Waals surface area (Å²) in [7, 11) is -2.36. The zero-order valence-electron chi connectivity index (χ0n) is 13.1. The summed E-state index contributed by atoms with van der Waals surface area (Å²) in [4.78, 5) is 11.4. The van der Waals surface area contributed by atoms with Gasteiger partial charge < -0.3 is 20.1 Å². The minimum absolute atomic E-state index is 0. The Bertz CT molecular complexity index is 719. The summed E-state index contributed by atoms with van der Waals surface area (Å²) >= 11 is 0. The Morgan fingerprint density at radius 1 is 1.29 bits per heavy atom. The average molecular weight is 378 g/mol. The second-order valence-electron chi connectivity index (χ2n) is 5.48. The Hall–Kier alpha value is -1.55. The van der Waals surface area contributed by atoms with Crippen molar-refractivity contribution in [3.05, 3.63) is 12.1 Å². The van der Waals surface area contributed by atoms with E-state index in [2.05, 4.69) is 15.4 Å². The fraction of sp³-hybridized carbons (Fsp3) is 0.500. The molecule has 1 aromatic carbocycles. The average Bonchev–Trinajstić information content (AvgIpc) is 2.54. The van der Waals surface area contributed by atoms with Gasteiger partial charge in [0.1, 0.15) is 16.4 Å². The maximum absolute atomic E-state index is 12.7. The van der Waals surface area contributed by atoms with Crippen molar-refractivity contribution in [2.45, 2.75) is 23.8 Å². The second kappa shape index (κ2) is 7.56. The molecule has 134 valence electrons. The van der Waals surface area contributed by atoms with Crippen LogP contribution in [0.4, 0.5) is 5.69 Å². The molecule has 0 aromatic heterocycles. The van der Waals surface area contributed by atoms with Gasteiger partial charge in [-0.25, -0.2) is 13.1 Å². The van der Waals surface area contributed by atoms with E-state index in [1.54, 1.807) is 0 Å². The summed E-state index contributed by atoms with van der Waals surface area (Å²) in [5, 5.41) is 5.82. The molecule has 0 unspecified atom stereocenters. The van der Waals surface area contributed by atoms with Gasteiger partial charge in [0.15, 0.2) is 6.61 Å². The largest absolute Gasteiger partial charge is 0.495 e. The van der Waals surface area contributed by atoms with E-state index in [1.165, 1.54) is 19.2 Å². The zero-order valence-corrected chi connectivity index (χ0v) is 14.8. The molecule has 2 aliphatic heterocycles. The lowest BCUT2D eigenvalue weighted by Crippen LogP contribution is -2.42. The highest BCUT2D eigenvalue weighted by molar-refractivity contribution is 7.89. The van der Waals surface area contributed by atoms with Gasteiger partial charge >= 0.3 is 0 Å². The van der Waals surface area contributed by atoms with E-state index in [0.717, 1.165) is 25.9 Å². The summed E-state index contributed by atoms with van der Waals surface area (Å²) in [6.45, 7) is 1.42. The number of halogens is 1. The van der Waals surface area contributed by atoms with Crippen LogP contribution in [0.2, 0.25) is 0 Å². The number of carbonyl (C=O) groups excluding carboxylic acids is 1. The number of benzene rings is 1. The molecule has 0 saturated carbocycles. The van der Waals surface area contributed by atoms with Crippen LogP contribution in [0.3, 0.4) is 0 Å². The van der Waals surface area contributed by atoms with Gasteiger partial charge in [0.25, 0.3) is 5.91 Å². The van der Waals surface area contributed by atoms with Gasteiger partial charge in [0, 0.05) is 18.2 Å². The lowest BCUT2D eigenvalue weighted by Gasteiger charge is -2.25. The van der Waals surface area contributed by atoms with Crippen LogP contribution in [-0.4, -0.2) is 47.2 Å². The van der Waals surface area contributed by atoms with E-state index >= 15 is 0 Å². The number of hydrogen-bond acceptors (Lipinski definition) is 6. The van der Waals surface area contributed by atoms with Crippen LogP contribution in [0.5, 0.6) is 11.5 Å². The molecule has 2 heterocycles. The maximum Gasteiger partial charge on any atom is 0.262 e. The number of anilines is 1. The third-order valence-electron chi connectivity index (χ3n) is 3.85. The first kappa shape index (κ1) is 18.8. The van der Waals surface area contributed by atoms with E-state index in [4.69, 9.17) is 9.47 Å². The van der Waals surface area contributed by atoms with Crippen molar-refractivity contribution in [1.82, 2.24) is 10.0 Å². The molecule has 2 aliphatic rings. The number of piperidine rings is 1. The number of carbonyl (C=O) groups is 1. The number of amides is 1. The van der Waals surface area contributed by atoms with Crippen molar-refractivity contribution in [2.24, 2.45) is 0 Å². The van der Waals surface area contributed by atoms with Crippen LogP contribution in [-0.2, 0) is 14.8 Å². The predicted molar refractivity (Wildman–Crippen MR) is 90.6 cm³/mol. The van der Waals surface area contributed by atoms with Crippen molar-refractivity contribution in [3.8, 4) is 11.5 Å². The van der Waals surface area contributed by atoms with Crippen LogP contribution >= 0.6 is 12.4 Å². The highest BCUT2D eigenvalue weighted by Crippen LogP contribution is 2.37. The van der Waals surface area contributed by atoms with Gasteiger partial charge in [0.05, 0.1) is 12.8 Å².